The number of fused-ring (bicyclic) bond motifs is 2. The van der Waals surface area contributed by atoms with Crippen LogP contribution in [0.25, 0.3) is 0 Å². The number of anilines is 2. The van der Waals surface area contributed by atoms with Gasteiger partial charge < -0.3 is 19.7 Å². The Kier molecular flexibility index (Phi) is 3.20. The zero-order chi connectivity index (χ0) is 14.3. The van der Waals surface area contributed by atoms with Crippen molar-refractivity contribution in [1.82, 2.24) is 0 Å². The lowest BCUT2D eigenvalue weighted by molar-refractivity contribution is -0.119. The molecular formula is C15H20N2O3. The molecule has 0 saturated heterocycles. The summed E-state index contributed by atoms with van der Waals surface area (Å²) in [5, 5.41) is 3.30. The Morgan fingerprint density at radius 1 is 1.35 bits per heavy atom. The minimum absolute atomic E-state index is 0.132. The number of ether oxygens (including phenoxy) is 2. The van der Waals surface area contributed by atoms with Gasteiger partial charge in [0.25, 0.3) is 0 Å². The monoisotopic (exact) mass is 276 g/mol. The zero-order valence-corrected chi connectivity index (χ0v) is 12.1. The van der Waals surface area contributed by atoms with E-state index in [1.807, 2.05) is 24.0 Å². The van der Waals surface area contributed by atoms with E-state index in [9.17, 15) is 4.79 Å². The van der Waals surface area contributed by atoms with Crippen LogP contribution < -0.4 is 19.7 Å². The van der Waals surface area contributed by atoms with Crippen molar-refractivity contribution in [3.05, 3.63) is 12.1 Å². The summed E-state index contributed by atoms with van der Waals surface area (Å²) >= 11 is 0. The number of rotatable bonds is 3. The first kappa shape index (κ1) is 13.1. The van der Waals surface area contributed by atoms with E-state index in [0.717, 1.165) is 23.5 Å². The highest BCUT2D eigenvalue weighted by atomic mass is 16.7. The van der Waals surface area contributed by atoms with Gasteiger partial charge in [0.05, 0.1) is 11.4 Å². The molecule has 1 unspecified atom stereocenters. The fourth-order valence-electron chi connectivity index (χ4n) is 2.66. The van der Waals surface area contributed by atoms with Gasteiger partial charge >= 0.3 is 0 Å². The topological polar surface area (TPSA) is 50.8 Å². The van der Waals surface area contributed by atoms with Gasteiger partial charge in [0.15, 0.2) is 11.5 Å². The Bertz CT molecular complexity index is 542. The van der Waals surface area contributed by atoms with Crippen molar-refractivity contribution in [3.8, 4) is 11.5 Å². The van der Waals surface area contributed by atoms with Crippen molar-refractivity contribution in [1.29, 1.82) is 0 Å². The van der Waals surface area contributed by atoms with Crippen LogP contribution >= 0.6 is 0 Å². The van der Waals surface area contributed by atoms with Crippen LogP contribution in [0, 0.1) is 5.92 Å². The molecule has 2 heterocycles. The van der Waals surface area contributed by atoms with Gasteiger partial charge in [-0.15, -0.1) is 0 Å². The Hall–Kier alpha value is -1.91. The van der Waals surface area contributed by atoms with Crippen molar-refractivity contribution < 1.29 is 14.3 Å². The normalized spacial score (nSPS) is 20.1. The Balaban J connectivity index is 2.04. The number of nitrogens with one attached hydrogen (secondary N) is 1. The van der Waals surface area contributed by atoms with Crippen LogP contribution in [0.4, 0.5) is 11.4 Å². The number of amides is 1. The van der Waals surface area contributed by atoms with Crippen LogP contribution in [0.3, 0.4) is 0 Å². The lowest BCUT2D eigenvalue weighted by atomic mass is 10.0. The predicted molar refractivity (Wildman–Crippen MR) is 77.5 cm³/mol. The molecule has 1 N–H and O–H groups in total. The van der Waals surface area contributed by atoms with Crippen LogP contribution in [0.2, 0.25) is 0 Å². The molecule has 0 saturated carbocycles. The van der Waals surface area contributed by atoms with Crippen molar-refractivity contribution in [3.63, 3.8) is 0 Å². The summed E-state index contributed by atoms with van der Waals surface area (Å²) in [6, 6.07) is 3.67. The zero-order valence-electron chi connectivity index (χ0n) is 12.1. The molecular weight excluding hydrogens is 256 g/mol. The fourth-order valence-corrected chi connectivity index (χ4v) is 2.66. The second kappa shape index (κ2) is 4.89. The average Bonchev–Trinajstić information content (AvgIpc) is 2.86. The summed E-state index contributed by atoms with van der Waals surface area (Å²) in [6.07, 6.45) is 0.765. The molecule has 0 aliphatic carbocycles. The maximum atomic E-state index is 12.5. The first-order chi connectivity index (χ1) is 9.60. The molecule has 20 heavy (non-hydrogen) atoms. The van der Waals surface area contributed by atoms with Gasteiger partial charge in [-0.3, -0.25) is 4.79 Å². The van der Waals surface area contributed by atoms with Crippen LogP contribution in [-0.4, -0.2) is 25.3 Å². The highest BCUT2D eigenvalue weighted by molar-refractivity contribution is 6.05. The number of nitrogens with zero attached hydrogens (tertiary/aromatic N) is 1. The van der Waals surface area contributed by atoms with E-state index >= 15 is 0 Å². The third-order valence-electron chi connectivity index (χ3n) is 3.63. The highest BCUT2D eigenvalue weighted by Crippen LogP contribution is 2.43. The van der Waals surface area contributed by atoms with E-state index in [1.165, 1.54) is 0 Å². The molecule has 1 amide bonds. The van der Waals surface area contributed by atoms with Gasteiger partial charge in [-0.1, -0.05) is 20.8 Å². The number of hydrogen-bond donors (Lipinski definition) is 1. The van der Waals surface area contributed by atoms with Crippen LogP contribution in [0.5, 0.6) is 11.5 Å². The molecule has 2 aliphatic rings. The largest absolute Gasteiger partial charge is 0.454 e. The van der Waals surface area contributed by atoms with Crippen molar-refractivity contribution in [2.75, 3.05) is 23.6 Å². The van der Waals surface area contributed by atoms with Gasteiger partial charge in [0.2, 0.25) is 12.7 Å². The van der Waals surface area contributed by atoms with E-state index < -0.39 is 0 Å². The van der Waals surface area contributed by atoms with Crippen LogP contribution in [0.15, 0.2) is 12.1 Å². The summed E-state index contributed by atoms with van der Waals surface area (Å²) in [5.41, 5.74) is 1.83. The Morgan fingerprint density at radius 3 is 2.70 bits per heavy atom. The van der Waals surface area contributed by atoms with Gasteiger partial charge in [-0.25, -0.2) is 0 Å². The molecule has 5 heteroatoms. The molecule has 0 aromatic heterocycles. The molecule has 5 nitrogen and oxygen atoms in total. The van der Waals surface area contributed by atoms with E-state index in [2.05, 4.69) is 19.2 Å². The lowest BCUT2D eigenvalue weighted by Crippen LogP contribution is -2.48. The Morgan fingerprint density at radius 2 is 2.05 bits per heavy atom. The lowest BCUT2D eigenvalue weighted by Gasteiger charge is -2.36. The third kappa shape index (κ3) is 2.07. The number of carbonyl (C=O) groups excluding carboxylic acids is 1. The maximum Gasteiger partial charge on any atom is 0.249 e. The fraction of sp³-hybridized carbons (Fsp3) is 0.533. The van der Waals surface area contributed by atoms with Crippen molar-refractivity contribution >= 4 is 17.3 Å². The molecule has 2 aliphatic heterocycles. The van der Waals surface area contributed by atoms with Gasteiger partial charge in [-0.05, 0) is 12.3 Å². The standard InChI is InChI=1S/C15H20N2O3/c1-4-10-15(18)17(7-9(2)3)12-6-14-13(19-8-20-14)5-11(12)16-10/h5-6,9-10,16H,4,7-8H2,1-3H3. The summed E-state index contributed by atoms with van der Waals surface area (Å²) < 4.78 is 10.8. The molecule has 1 aromatic rings. The summed E-state index contributed by atoms with van der Waals surface area (Å²) in [6.45, 7) is 7.20. The summed E-state index contributed by atoms with van der Waals surface area (Å²) in [7, 11) is 0. The minimum Gasteiger partial charge on any atom is -0.454 e. The third-order valence-corrected chi connectivity index (χ3v) is 3.63. The molecule has 1 aromatic carbocycles. The van der Waals surface area contributed by atoms with E-state index in [-0.39, 0.29) is 18.7 Å². The molecule has 1 atom stereocenters. The van der Waals surface area contributed by atoms with E-state index in [0.29, 0.717) is 18.2 Å². The molecule has 0 spiro atoms. The second-order valence-electron chi connectivity index (χ2n) is 5.67. The molecule has 0 fully saturated rings. The van der Waals surface area contributed by atoms with Crippen LogP contribution in [-0.2, 0) is 4.79 Å². The summed E-state index contributed by atoms with van der Waals surface area (Å²) in [4.78, 5) is 14.4. The molecule has 0 bridgehead atoms. The molecule has 108 valence electrons. The predicted octanol–water partition coefficient (Wildman–Crippen LogP) is 2.61. The first-order valence-electron chi connectivity index (χ1n) is 7.11. The summed E-state index contributed by atoms with van der Waals surface area (Å²) in [5.74, 6) is 1.99. The number of benzene rings is 1. The highest BCUT2D eigenvalue weighted by Gasteiger charge is 2.33. The van der Waals surface area contributed by atoms with Gasteiger partial charge in [-0.2, -0.15) is 0 Å². The van der Waals surface area contributed by atoms with Gasteiger partial charge in [0.1, 0.15) is 6.04 Å². The number of hydrogen-bond acceptors (Lipinski definition) is 4. The molecule has 0 radical (unpaired) electrons. The first-order valence-corrected chi connectivity index (χ1v) is 7.11. The van der Waals surface area contributed by atoms with Crippen molar-refractivity contribution in [2.45, 2.75) is 33.2 Å². The van der Waals surface area contributed by atoms with Gasteiger partial charge in [0, 0.05) is 18.7 Å². The van der Waals surface area contributed by atoms with Crippen molar-refractivity contribution in [2.24, 2.45) is 5.92 Å². The van der Waals surface area contributed by atoms with Crippen LogP contribution in [0.1, 0.15) is 27.2 Å². The Labute approximate surface area is 118 Å². The van der Waals surface area contributed by atoms with E-state index in [1.54, 1.807) is 0 Å². The number of carbonyl (C=O) groups is 1. The smallest absolute Gasteiger partial charge is 0.249 e. The van der Waals surface area contributed by atoms with E-state index in [4.69, 9.17) is 9.47 Å². The SMILES string of the molecule is CCC1Nc2cc3c(cc2N(CC(C)C)C1=O)OCO3. The minimum atomic E-state index is -0.165. The average molecular weight is 276 g/mol. The quantitative estimate of drug-likeness (QED) is 0.922. The second-order valence-corrected chi connectivity index (χ2v) is 5.67. The maximum absolute atomic E-state index is 12.5. The molecule has 3 rings (SSSR count).